The average molecular weight is 413 g/mol. The molecule has 0 spiro atoms. The molecule has 1 atom stereocenters. The van der Waals surface area contributed by atoms with E-state index in [0.717, 1.165) is 16.9 Å². The highest BCUT2D eigenvalue weighted by Gasteiger charge is 2.15. The Balaban J connectivity index is 1.63. The zero-order valence-corrected chi connectivity index (χ0v) is 17.8. The van der Waals surface area contributed by atoms with Crippen LogP contribution in [0.1, 0.15) is 52.5 Å². The number of aryl methyl sites for hydroxylation is 2. The summed E-state index contributed by atoms with van der Waals surface area (Å²) in [5.74, 6) is -0.501. The van der Waals surface area contributed by atoms with Gasteiger partial charge in [-0.05, 0) is 37.3 Å². The fourth-order valence-electron chi connectivity index (χ4n) is 3.03. The number of benzene rings is 1. The highest BCUT2D eigenvalue weighted by Crippen LogP contribution is 2.25. The van der Waals surface area contributed by atoms with Gasteiger partial charge in [-0.25, -0.2) is 4.98 Å². The van der Waals surface area contributed by atoms with Crippen molar-refractivity contribution in [2.45, 2.75) is 46.6 Å². The maximum Gasteiger partial charge on any atom is 0.326 e. The Morgan fingerprint density at radius 3 is 2.55 bits per heavy atom. The van der Waals surface area contributed by atoms with Crippen LogP contribution in [0.25, 0.3) is 10.2 Å². The lowest BCUT2D eigenvalue weighted by Crippen LogP contribution is -2.26. The Morgan fingerprint density at radius 2 is 1.90 bits per heavy atom. The Hall–Kier alpha value is -2.80. The molecular formula is C22H24N2O4S. The molecule has 0 fully saturated rings. The predicted octanol–water partition coefficient (Wildman–Crippen LogP) is 4.01. The Bertz CT molecular complexity index is 1110. The minimum atomic E-state index is -0.651. The normalized spacial score (nSPS) is 12.1. The molecule has 0 N–H and O–H groups in total. The topological polar surface area (TPSA) is 78.3 Å². The van der Waals surface area contributed by atoms with Gasteiger partial charge in [0.25, 0.3) is 5.56 Å². The summed E-state index contributed by atoms with van der Waals surface area (Å²) in [4.78, 5) is 43.0. The van der Waals surface area contributed by atoms with Crippen molar-refractivity contribution in [2.24, 2.45) is 0 Å². The van der Waals surface area contributed by atoms with Gasteiger partial charge < -0.3 is 4.74 Å². The lowest BCUT2D eigenvalue weighted by Gasteiger charge is -2.10. The second kappa shape index (κ2) is 8.69. The molecular weight excluding hydrogens is 388 g/mol. The highest BCUT2D eigenvalue weighted by atomic mass is 32.1. The van der Waals surface area contributed by atoms with E-state index in [4.69, 9.17) is 4.74 Å². The second-order valence-corrected chi connectivity index (χ2v) is 8.36. The molecule has 0 saturated heterocycles. The van der Waals surface area contributed by atoms with E-state index in [1.54, 1.807) is 12.1 Å². The molecule has 1 aromatic carbocycles. The zero-order chi connectivity index (χ0) is 21.1. The van der Waals surface area contributed by atoms with Crippen molar-refractivity contribution in [1.29, 1.82) is 0 Å². The number of carbonyl (C=O) groups excluding carboxylic acids is 2. The zero-order valence-electron chi connectivity index (χ0n) is 17.0. The van der Waals surface area contributed by atoms with Crippen LogP contribution in [0.4, 0.5) is 0 Å². The number of ketones is 1. The van der Waals surface area contributed by atoms with Crippen molar-refractivity contribution < 1.29 is 14.3 Å². The fraction of sp³-hybridized carbons (Fsp3) is 0.364. The van der Waals surface area contributed by atoms with Crippen LogP contribution in [0.3, 0.4) is 0 Å². The molecule has 2 heterocycles. The van der Waals surface area contributed by atoms with Crippen molar-refractivity contribution in [2.75, 3.05) is 6.61 Å². The van der Waals surface area contributed by atoms with Gasteiger partial charge >= 0.3 is 5.97 Å². The molecule has 0 aliphatic carbocycles. The molecule has 0 amide bonds. The molecule has 6 nitrogen and oxygen atoms in total. The van der Waals surface area contributed by atoms with E-state index in [0.29, 0.717) is 21.7 Å². The first-order valence-corrected chi connectivity index (χ1v) is 10.4. The van der Waals surface area contributed by atoms with Crippen LogP contribution in [-0.2, 0) is 16.1 Å². The predicted molar refractivity (Wildman–Crippen MR) is 114 cm³/mol. The minimum absolute atomic E-state index is 0.277. The highest BCUT2D eigenvalue weighted by molar-refractivity contribution is 7.18. The number of nitrogens with zero attached hydrogens (tertiary/aromatic N) is 2. The summed E-state index contributed by atoms with van der Waals surface area (Å²) in [6.07, 6.45) is 2.37. The number of hydrogen-bond acceptors (Lipinski definition) is 6. The molecule has 0 bridgehead atoms. The van der Waals surface area contributed by atoms with Crippen molar-refractivity contribution in [3.8, 4) is 0 Å². The summed E-state index contributed by atoms with van der Waals surface area (Å²) in [7, 11) is 0. The second-order valence-electron chi connectivity index (χ2n) is 7.16. The molecule has 3 rings (SSSR count). The molecule has 29 heavy (non-hydrogen) atoms. The van der Waals surface area contributed by atoms with E-state index in [-0.39, 0.29) is 24.5 Å². The number of rotatable bonds is 7. The Kier molecular flexibility index (Phi) is 6.27. The molecule has 2 aromatic heterocycles. The SMILES string of the molecule is CC[C@@H](C)c1ccc(C(=O)COC(=O)Cn2cnc3sc(C)c(C)c3c2=O)cc1. The lowest BCUT2D eigenvalue weighted by molar-refractivity contribution is -0.143. The van der Waals surface area contributed by atoms with Gasteiger partial charge in [0.1, 0.15) is 11.4 Å². The van der Waals surface area contributed by atoms with Gasteiger partial charge in [0, 0.05) is 10.4 Å². The van der Waals surface area contributed by atoms with Gasteiger partial charge in [-0.2, -0.15) is 0 Å². The molecule has 0 unspecified atom stereocenters. The van der Waals surface area contributed by atoms with Crippen molar-refractivity contribution in [3.63, 3.8) is 0 Å². The summed E-state index contributed by atoms with van der Waals surface area (Å²) >= 11 is 1.45. The summed E-state index contributed by atoms with van der Waals surface area (Å²) in [6.45, 7) is 7.40. The molecule has 0 radical (unpaired) electrons. The van der Waals surface area contributed by atoms with Crippen LogP contribution < -0.4 is 5.56 Å². The summed E-state index contributed by atoms with van der Waals surface area (Å²) in [6, 6.07) is 7.35. The first-order chi connectivity index (χ1) is 13.8. The number of thiophene rings is 1. The summed E-state index contributed by atoms with van der Waals surface area (Å²) < 4.78 is 6.31. The van der Waals surface area contributed by atoms with E-state index in [1.165, 1.54) is 27.8 Å². The Morgan fingerprint density at radius 1 is 1.21 bits per heavy atom. The number of carbonyl (C=O) groups is 2. The number of Topliss-reactive ketones (excluding diaryl/α,β-unsaturated/α-hetero) is 1. The molecule has 0 aliphatic heterocycles. The standard InChI is InChI=1S/C22H24N2O4S/c1-5-13(2)16-6-8-17(9-7-16)18(25)11-28-19(26)10-24-12-23-21-20(22(24)27)14(3)15(4)29-21/h6-9,12-13H,5,10-11H2,1-4H3/t13-/m1/s1. The van der Waals surface area contributed by atoms with Gasteiger partial charge in [0.2, 0.25) is 0 Å². The van der Waals surface area contributed by atoms with E-state index in [2.05, 4.69) is 18.8 Å². The van der Waals surface area contributed by atoms with Gasteiger partial charge in [0.05, 0.1) is 11.7 Å². The number of aromatic nitrogens is 2. The van der Waals surface area contributed by atoms with E-state index in [9.17, 15) is 14.4 Å². The largest absolute Gasteiger partial charge is 0.456 e. The number of ether oxygens (including phenoxy) is 1. The van der Waals surface area contributed by atoms with Gasteiger partial charge in [-0.1, -0.05) is 38.1 Å². The van der Waals surface area contributed by atoms with Crippen LogP contribution in [0.15, 0.2) is 35.4 Å². The maximum absolute atomic E-state index is 12.6. The monoisotopic (exact) mass is 412 g/mol. The fourth-order valence-corrected chi connectivity index (χ4v) is 4.02. The molecule has 0 saturated carbocycles. The summed E-state index contributed by atoms with van der Waals surface area (Å²) in [5, 5.41) is 0.528. The van der Waals surface area contributed by atoms with Crippen LogP contribution in [0, 0.1) is 13.8 Å². The van der Waals surface area contributed by atoms with Crippen molar-refractivity contribution in [1.82, 2.24) is 9.55 Å². The van der Waals surface area contributed by atoms with E-state index >= 15 is 0 Å². The lowest BCUT2D eigenvalue weighted by atomic mass is 9.97. The molecule has 0 aliphatic rings. The van der Waals surface area contributed by atoms with E-state index < -0.39 is 5.97 Å². The number of hydrogen-bond donors (Lipinski definition) is 0. The van der Waals surface area contributed by atoms with Crippen molar-refractivity contribution in [3.05, 3.63) is 62.5 Å². The smallest absolute Gasteiger partial charge is 0.326 e. The summed E-state index contributed by atoms with van der Waals surface area (Å²) in [5.41, 5.74) is 2.26. The number of esters is 1. The molecule has 3 aromatic rings. The van der Waals surface area contributed by atoms with Gasteiger partial charge in [0.15, 0.2) is 12.4 Å². The first-order valence-electron chi connectivity index (χ1n) is 9.55. The third kappa shape index (κ3) is 4.45. The van der Waals surface area contributed by atoms with Crippen LogP contribution in [0.2, 0.25) is 0 Å². The van der Waals surface area contributed by atoms with Crippen LogP contribution in [0.5, 0.6) is 0 Å². The Labute approximate surface area is 173 Å². The van der Waals surface area contributed by atoms with Crippen LogP contribution in [-0.4, -0.2) is 27.9 Å². The first kappa shape index (κ1) is 20.9. The van der Waals surface area contributed by atoms with Gasteiger partial charge in [-0.15, -0.1) is 11.3 Å². The third-order valence-corrected chi connectivity index (χ3v) is 6.35. The molecule has 152 valence electrons. The maximum atomic E-state index is 12.6. The molecule has 7 heteroatoms. The minimum Gasteiger partial charge on any atom is -0.456 e. The average Bonchev–Trinajstić information content (AvgIpc) is 3.02. The van der Waals surface area contributed by atoms with Crippen LogP contribution >= 0.6 is 11.3 Å². The quantitative estimate of drug-likeness (QED) is 0.433. The van der Waals surface area contributed by atoms with E-state index in [1.807, 2.05) is 26.0 Å². The number of fused-ring (bicyclic) bond motifs is 1. The van der Waals surface area contributed by atoms with Crippen molar-refractivity contribution >= 4 is 33.3 Å². The third-order valence-electron chi connectivity index (χ3n) is 5.23. The van der Waals surface area contributed by atoms with Gasteiger partial charge in [-0.3, -0.25) is 19.0 Å².